The van der Waals surface area contributed by atoms with E-state index < -0.39 is 38.4 Å². The number of esters is 2. The maximum absolute atomic E-state index is 12.7. The van der Waals surface area contributed by atoms with Crippen molar-refractivity contribution in [2.75, 3.05) is 26.3 Å². The molecule has 26 heavy (non-hydrogen) atoms. The van der Waals surface area contributed by atoms with Gasteiger partial charge in [0.2, 0.25) is 6.79 Å². The minimum atomic E-state index is -3.75. The molecule has 1 aliphatic heterocycles. The molecule has 1 saturated carbocycles. The summed E-state index contributed by atoms with van der Waals surface area (Å²) in [6.07, 6.45) is 0.998. The highest BCUT2D eigenvalue weighted by Gasteiger charge is 2.81. The molecule has 8 nitrogen and oxygen atoms in total. The van der Waals surface area contributed by atoms with Gasteiger partial charge in [-0.25, -0.2) is 8.42 Å². The number of hydrogen-bond donors (Lipinski definition) is 0. The van der Waals surface area contributed by atoms with Crippen molar-refractivity contribution in [1.82, 2.24) is 0 Å². The third kappa shape index (κ3) is 2.70. The molecule has 142 valence electrons. The minimum absolute atomic E-state index is 0.0182. The van der Waals surface area contributed by atoms with Crippen LogP contribution in [0.2, 0.25) is 0 Å². The molecule has 0 aromatic heterocycles. The van der Waals surface area contributed by atoms with Gasteiger partial charge in [-0.3, -0.25) is 9.59 Å². The maximum Gasteiger partial charge on any atom is 0.325 e. The van der Waals surface area contributed by atoms with Gasteiger partial charge in [-0.15, -0.1) is 0 Å². The zero-order chi connectivity index (χ0) is 19.1. The van der Waals surface area contributed by atoms with E-state index in [1.54, 1.807) is 32.0 Å². The van der Waals surface area contributed by atoms with Crippen LogP contribution in [0.15, 0.2) is 18.2 Å². The highest BCUT2D eigenvalue weighted by molar-refractivity contribution is 7.91. The summed E-state index contributed by atoms with van der Waals surface area (Å²) in [5.41, 5.74) is -1.43. The van der Waals surface area contributed by atoms with E-state index in [1.807, 2.05) is 0 Å². The number of carbonyl (C=O) groups is 2. The number of benzene rings is 1. The molecule has 0 unspecified atom stereocenters. The average Bonchev–Trinajstić information content (AvgIpc) is 3.10. The van der Waals surface area contributed by atoms with Gasteiger partial charge in [-0.05, 0) is 31.5 Å². The summed E-state index contributed by atoms with van der Waals surface area (Å²) < 4.78 is 45.4. The molecule has 1 heterocycles. The summed E-state index contributed by atoms with van der Waals surface area (Å²) >= 11 is 0. The van der Waals surface area contributed by atoms with Gasteiger partial charge in [-0.1, -0.05) is 6.07 Å². The van der Waals surface area contributed by atoms with E-state index >= 15 is 0 Å². The third-order valence-electron chi connectivity index (χ3n) is 4.58. The fourth-order valence-electron chi connectivity index (χ4n) is 3.56. The predicted molar refractivity (Wildman–Crippen MR) is 89.6 cm³/mol. The normalized spacial score (nSPS) is 22.6. The molecule has 1 aromatic carbocycles. The van der Waals surface area contributed by atoms with Gasteiger partial charge >= 0.3 is 11.9 Å². The van der Waals surface area contributed by atoms with Crippen LogP contribution in [0.3, 0.4) is 0 Å². The maximum atomic E-state index is 12.7. The molecule has 0 saturated heterocycles. The quantitative estimate of drug-likeness (QED) is 0.529. The van der Waals surface area contributed by atoms with E-state index in [-0.39, 0.29) is 20.0 Å². The van der Waals surface area contributed by atoms with Crippen molar-refractivity contribution in [3.05, 3.63) is 23.8 Å². The van der Waals surface area contributed by atoms with E-state index in [1.165, 1.54) is 0 Å². The van der Waals surface area contributed by atoms with Crippen LogP contribution in [-0.2, 0) is 28.9 Å². The molecule has 1 fully saturated rings. The van der Waals surface area contributed by atoms with Gasteiger partial charge in [0.15, 0.2) is 26.8 Å². The highest BCUT2D eigenvalue weighted by Crippen LogP contribution is 2.64. The summed E-state index contributed by atoms with van der Waals surface area (Å²) in [5, 5.41) is -1.26. The SMILES string of the molecule is CCOC(=O)C1(C(=O)OCC)[C@H](c2ccc3c(c2)OCO3)[C@@H]1S(C)(=O)=O. The summed E-state index contributed by atoms with van der Waals surface area (Å²) in [7, 11) is -3.75. The van der Waals surface area contributed by atoms with E-state index in [4.69, 9.17) is 18.9 Å². The monoisotopic (exact) mass is 384 g/mol. The lowest BCUT2D eigenvalue weighted by Gasteiger charge is -2.15. The Balaban J connectivity index is 2.11. The van der Waals surface area contributed by atoms with E-state index in [0.29, 0.717) is 17.1 Å². The van der Waals surface area contributed by atoms with Crippen molar-refractivity contribution >= 4 is 21.8 Å². The zero-order valence-corrected chi connectivity index (χ0v) is 15.5. The second-order valence-corrected chi connectivity index (χ2v) is 8.32. The summed E-state index contributed by atoms with van der Waals surface area (Å²) in [6.45, 7) is 3.27. The Morgan fingerprint density at radius 2 is 1.69 bits per heavy atom. The number of hydrogen-bond acceptors (Lipinski definition) is 8. The Morgan fingerprint density at radius 3 is 2.23 bits per heavy atom. The first-order valence-corrected chi connectivity index (χ1v) is 10.2. The third-order valence-corrected chi connectivity index (χ3v) is 6.14. The molecule has 0 radical (unpaired) electrons. The van der Waals surface area contributed by atoms with Gasteiger partial charge in [-0.2, -0.15) is 0 Å². The lowest BCUT2D eigenvalue weighted by Crippen LogP contribution is -2.35. The Hall–Kier alpha value is -2.29. The average molecular weight is 384 g/mol. The second-order valence-electron chi connectivity index (χ2n) is 6.15. The van der Waals surface area contributed by atoms with Gasteiger partial charge in [0.1, 0.15) is 0 Å². The molecule has 0 N–H and O–H groups in total. The smallest absolute Gasteiger partial charge is 0.325 e. The largest absolute Gasteiger partial charge is 0.465 e. The summed E-state index contributed by atoms with van der Waals surface area (Å²) in [4.78, 5) is 25.3. The fourth-order valence-corrected chi connectivity index (χ4v) is 5.36. The van der Waals surface area contributed by atoms with Crippen LogP contribution in [0.1, 0.15) is 25.3 Å². The first kappa shape index (κ1) is 18.5. The Labute approximate surface area is 151 Å². The van der Waals surface area contributed by atoms with Crippen molar-refractivity contribution in [1.29, 1.82) is 0 Å². The molecule has 1 aliphatic carbocycles. The van der Waals surface area contributed by atoms with Crippen molar-refractivity contribution in [3.63, 3.8) is 0 Å². The Bertz CT molecular complexity index is 826. The highest BCUT2D eigenvalue weighted by atomic mass is 32.2. The van der Waals surface area contributed by atoms with Crippen molar-refractivity contribution in [3.8, 4) is 11.5 Å². The van der Waals surface area contributed by atoms with Gasteiger partial charge < -0.3 is 18.9 Å². The number of sulfone groups is 1. The predicted octanol–water partition coefficient (Wildman–Crippen LogP) is 1.04. The molecular formula is C17H20O8S. The van der Waals surface area contributed by atoms with Crippen LogP contribution in [0.25, 0.3) is 0 Å². The minimum Gasteiger partial charge on any atom is -0.465 e. The van der Waals surface area contributed by atoms with Gasteiger partial charge in [0, 0.05) is 12.2 Å². The van der Waals surface area contributed by atoms with Crippen LogP contribution in [-0.4, -0.2) is 51.9 Å². The van der Waals surface area contributed by atoms with E-state index in [0.717, 1.165) is 6.26 Å². The van der Waals surface area contributed by atoms with Crippen LogP contribution in [0.5, 0.6) is 11.5 Å². The van der Waals surface area contributed by atoms with Crippen LogP contribution in [0.4, 0.5) is 0 Å². The molecule has 2 aliphatic rings. The van der Waals surface area contributed by atoms with Gasteiger partial charge in [0.25, 0.3) is 0 Å². The standard InChI is InChI=1S/C17H20O8S/c1-4-22-15(18)17(16(19)23-5-2)13(14(17)26(3,20)21)10-6-7-11-12(8-10)25-9-24-11/h6-8,13-14H,4-5,9H2,1-3H3/t13-,14+/m1/s1. The molecule has 9 heteroatoms. The van der Waals surface area contributed by atoms with Crippen molar-refractivity contribution in [2.24, 2.45) is 5.41 Å². The Kier molecular flexibility index (Phi) is 4.60. The molecule has 1 aromatic rings. The number of fused-ring (bicyclic) bond motifs is 1. The number of carbonyl (C=O) groups excluding carboxylic acids is 2. The van der Waals surface area contributed by atoms with Crippen LogP contribution in [0, 0.1) is 5.41 Å². The first-order chi connectivity index (χ1) is 12.3. The van der Waals surface area contributed by atoms with Crippen molar-refractivity contribution < 1.29 is 37.0 Å². The lowest BCUT2D eigenvalue weighted by molar-refractivity contribution is -0.164. The molecular weight excluding hydrogens is 364 g/mol. The molecule has 0 bridgehead atoms. The van der Waals surface area contributed by atoms with Crippen LogP contribution >= 0.6 is 0 Å². The number of rotatable bonds is 6. The van der Waals surface area contributed by atoms with Gasteiger partial charge in [0.05, 0.1) is 18.5 Å². The van der Waals surface area contributed by atoms with Crippen LogP contribution < -0.4 is 9.47 Å². The topological polar surface area (TPSA) is 105 Å². The Morgan fingerprint density at radius 1 is 1.12 bits per heavy atom. The molecule has 0 spiro atoms. The first-order valence-electron chi connectivity index (χ1n) is 8.21. The van der Waals surface area contributed by atoms with E-state index in [9.17, 15) is 18.0 Å². The van der Waals surface area contributed by atoms with Crippen molar-refractivity contribution in [2.45, 2.75) is 25.0 Å². The lowest BCUT2D eigenvalue weighted by atomic mass is 9.98. The molecule has 2 atom stereocenters. The summed E-state index contributed by atoms with van der Waals surface area (Å²) in [6, 6.07) is 4.83. The summed E-state index contributed by atoms with van der Waals surface area (Å²) in [5.74, 6) is -1.75. The zero-order valence-electron chi connectivity index (χ0n) is 14.7. The number of ether oxygens (including phenoxy) is 4. The molecule has 3 rings (SSSR count). The fraction of sp³-hybridized carbons (Fsp3) is 0.529. The second kappa shape index (κ2) is 6.46. The molecule has 0 amide bonds. The van der Waals surface area contributed by atoms with E-state index in [2.05, 4.69) is 0 Å².